The molecule has 1 aromatic carbocycles. The minimum atomic E-state index is -0.764. The van der Waals surface area contributed by atoms with E-state index in [1.807, 2.05) is 25.6 Å². The number of carboxylic acid groups (broad SMARTS) is 1. The smallest absolute Gasteiger partial charge is 0.304 e. The Balaban J connectivity index is 0.000000402. The summed E-state index contributed by atoms with van der Waals surface area (Å²) in [6.45, 7) is 7.83. The van der Waals surface area contributed by atoms with Crippen LogP contribution in [0.2, 0.25) is 0 Å². The average Bonchev–Trinajstić information content (AvgIpc) is 3.69. The molecule has 0 aliphatic carbocycles. The van der Waals surface area contributed by atoms with E-state index in [-0.39, 0.29) is 37.6 Å². The van der Waals surface area contributed by atoms with Crippen LogP contribution in [0.4, 0.5) is 11.5 Å². The first-order valence-electron chi connectivity index (χ1n) is 17.6. The second-order valence-electron chi connectivity index (χ2n) is 13.3. The van der Waals surface area contributed by atoms with Crippen molar-refractivity contribution in [1.82, 2.24) is 25.0 Å². The van der Waals surface area contributed by atoms with Gasteiger partial charge in [0.2, 0.25) is 11.8 Å². The molecule has 2 amide bonds. The van der Waals surface area contributed by atoms with E-state index in [2.05, 4.69) is 62.3 Å². The fourth-order valence-corrected chi connectivity index (χ4v) is 6.68. The number of hydrogen-bond donors (Lipinski definition) is 5. The standard InChI is InChI=1S/C30H40N6O2.C7H12N2O3/c1-20-13-21(2)36(34-20)28-15-24(14-27(17-28)31-3)25(16-29(37)38)19-35-12-10-22(18-35)6-8-26-9-7-23-5-4-11-32-30(23)33-26;8-6(11)2-1-3-7(12)9-4-5-10/h7,9,13-15,17,22,25,31H,4-6,8,10-12,16,18-19H2,1-3H3,(H,32,33)(H,37,38);5H,1-4H2,(H2,8,11)(H,9,12). The highest BCUT2D eigenvalue weighted by molar-refractivity contribution is 5.79. The number of nitrogens with zero attached hydrogens (tertiary/aromatic N) is 4. The summed E-state index contributed by atoms with van der Waals surface area (Å²) in [5, 5.41) is 23.5. The molecule has 1 fully saturated rings. The molecule has 0 spiro atoms. The number of aldehydes is 1. The molecule has 50 heavy (non-hydrogen) atoms. The first-order chi connectivity index (χ1) is 24.0. The summed E-state index contributed by atoms with van der Waals surface area (Å²) in [6, 6.07) is 12.7. The molecule has 2 aliphatic rings. The van der Waals surface area contributed by atoms with Gasteiger partial charge in [-0.3, -0.25) is 14.4 Å². The van der Waals surface area contributed by atoms with Gasteiger partial charge in [-0.15, -0.1) is 0 Å². The average molecular weight is 689 g/mol. The van der Waals surface area contributed by atoms with Gasteiger partial charge >= 0.3 is 5.97 Å². The van der Waals surface area contributed by atoms with Crippen molar-refractivity contribution in [2.75, 3.05) is 50.4 Å². The molecular formula is C37H52N8O5. The number of nitrogens with one attached hydrogen (secondary N) is 3. The minimum Gasteiger partial charge on any atom is -0.481 e. The lowest BCUT2D eigenvalue weighted by Crippen LogP contribution is -2.28. The highest BCUT2D eigenvalue weighted by Crippen LogP contribution is 2.31. The number of aromatic nitrogens is 3. The highest BCUT2D eigenvalue weighted by atomic mass is 16.4. The molecule has 13 nitrogen and oxygen atoms in total. The Bertz CT molecular complexity index is 1620. The predicted molar refractivity (Wildman–Crippen MR) is 194 cm³/mol. The van der Waals surface area contributed by atoms with Crippen LogP contribution >= 0.6 is 0 Å². The fraction of sp³-hybridized carbons (Fsp3) is 0.514. The van der Waals surface area contributed by atoms with E-state index in [0.717, 1.165) is 86.0 Å². The lowest BCUT2D eigenvalue weighted by molar-refractivity contribution is -0.137. The Labute approximate surface area is 294 Å². The number of carboxylic acids is 1. The van der Waals surface area contributed by atoms with Crippen molar-refractivity contribution < 1.29 is 24.3 Å². The van der Waals surface area contributed by atoms with E-state index in [0.29, 0.717) is 18.6 Å². The summed E-state index contributed by atoms with van der Waals surface area (Å²) in [5.41, 5.74) is 12.3. The van der Waals surface area contributed by atoms with E-state index in [4.69, 9.17) is 10.7 Å². The molecule has 4 heterocycles. The molecule has 2 aliphatic heterocycles. The van der Waals surface area contributed by atoms with Crippen molar-refractivity contribution in [2.45, 2.75) is 77.6 Å². The van der Waals surface area contributed by atoms with Crippen LogP contribution in [-0.2, 0) is 32.0 Å². The van der Waals surface area contributed by atoms with Gasteiger partial charge in [0.05, 0.1) is 24.3 Å². The first kappa shape index (κ1) is 38.0. The zero-order valence-corrected chi connectivity index (χ0v) is 29.5. The van der Waals surface area contributed by atoms with Crippen molar-refractivity contribution in [3.63, 3.8) is 0 Å². The van der Waals surface area contributed by atoms with Gasteiger partial charge in [-0.25, -0.2) is 9.67 Å². The van der Waals surface area contributed by atoms with Gasteiger partial charge < -0.3 is 36.5 Å². The maximum atomic E-state index is 11.9. The Hall–Kier alpha value is -4.78. The molecule has 1 saturated heterocycles. The largest absolute Gasteiger partial charge is 0.481 e. The summed E-state index contributed by atoms with van der Waals surface area (Å²) in [7, 11) is 1.90. The fourth-order valence-electron chi connectivity index (χ4n) is 6.68. The van der Waals surface area contributed by atoms with Crippen LogP contribution in [-0.4, -0.2) is 88.6 Å². The zero-order chi connectivity index (χ0) is 36.0. The number of anilines is 2. The van der Waals surface area contributed by atoms with Gasteiger partial charge in [0.15, 0.2) is 0 Å². The SMILES string of the molecule is CNc1cc(C(CC(=O)O)CN2CCC(CCc3ccc4c(n3)NCCC4)C2)cc(-n2nc(C)cc2C)c1.NC(=O)CCCC(=O)NCC=O. The third-order valence-corrected chi connectivity index (χ3v) is 9.19. The topological polar surface area (TPSA) is 185 Å². The van der Waals surface area contributed by atoms with E-state index < -0.39 is 11.9 Å². The minimum absolute atomic E-state index is 0.0232. The number of benzene rings is 1. The number of amides is 2. The Kier molecular flexibility index (Phi) is 14.3. The molecule has 13 heteroatoms. The number of fused-ring (bicyclic) bond motifs is 1. The van der Waals surface area contributed by atoms with Gasteiger partial charge in [0.1, 0.15) is 12.1 Å². The maximum absolute atomic E-state index is 11.9. The van der Waals surface area contributed by atoms with Crippen LogP contribution in [0, 0.1) is 19.8 Å². The van der Waals surface area contributed by atoms with Gasteiger partial charge in [-0.2, -0.15) is 5.10 Å². The van der Waals surface area contributed by atoms with E-state index in [1.165, 1.54) is 17.7 Å². The number of rotatable bonds is 16. The van der Waals surface area contributed by atoms with Crippen LogP contribution in [0.25, 0.3) is 5.69 Å². The quantitative estimate of drug-likeness (QED) is 0.139. The lowest BCUT2D eigenvalue weighted by atomic mass is 9.94. The van der Waals surface area contributed by atoms with Gasteiger partial charge in [-0.05, 0) is 106 Å². The summed E-state index contributed by atoms with van der Waals surface area (Å²) < 4.78 is 1.94. The predicted octanol–water partition coefficient (Wildman–Crippen LogP) is 3.75. The van der Waals surface area contributed by atoms with Crippen LogP contribution in [0.15, 0.2) is 36.4 Å². The number of hydrogen-bond acceptors (Lipinski definition) is 9. The number of aliphatic carboxylic acids is 1. The number of carbonyl (C=O) groups is 4. The van der Waals surface area contributed by atoms with Crippen molar-refractivity contribution >= 4 is 35.6 Å². The number of pyridine rings is 1. The number of likely N-dealkylation sites (tertiary alicyclic amines) is 1. The molecule has 0 saturated carbocycles. The highest BCUT2D eigenvalue weighted by Gasteiger charge is 2.27. The van der Waals surface area contributed by atoms with Crippen LogP contribution in [0.3, 0.4) is 0 Å². The second kappa shape index (κ2) is 18.8. The molecule has 6 N–H and O–H groups in total. The summed E-state index contributed by atoms with van der Waals surface area (Å²) in [5.74, 6) is 0.174. The van der Waals surface area contributed by atoms with Crippen molar-refractivity contribution in [3.05, 3.63) is 64.6 Å². The van der Waals surface area contributed by atoms with Gasteiger partial charge in [-0.1, -0.05) is 6.07 Å². The molecule has 2 aromatic heterocycles. The summed E-state index contributed by atoms with van der Waals surface area (Å²) in [4.78, 5) is 50.0. The van der Waals surface area contributed by atoms with E-state index in [9.17, 15) is 24.3 Å². The van der Waals surface area contributed by atoms with Crippen LogP contribution in [0.5, 0.6) is 0 Å². The molecule has 0 radical (unpaired) electrons. The molecule has 2 atom stereocenters. The van der Waals surface area contributed by atoms with Crippen molar-refractivity contribution in [1.29, 1.82) is 0 Å². The first-order valence-corrected chi connectivity index (χ1v) is 17.6. The molecule has 270 valence electrons. The van der Waals surface area contributed by atoms with Crippen LogP contribution in [0.1, 0.15) is 79.1 Å². The van der Waals surface area contributed by atoms with Crippen molar-refractivity contribution in [3.8, 4) is 5.69 Å². The molecular weight excluding hydrogens is 636 g/mol. The third kappa shape index (κ3) is 11.7. The molecule has 2 unspecified atom stereocenters. The third-order valence-electron chi connectivity index (χ3n) is 9.19. The van der Waals surface area contributed by atoms with E-state index >= 15 is 0 Å². The molecule has 3 aromatic rings. The van der Waals surface area contributed by atoms with Gasteiger partial charge in [0, 0.05) is 62.5 Å². The number of carbonyl (C=O) groups excluding carboxylic acids is 3. The van der Waals surface area contributed by atoms with E-state index in [1.54, 1.807) is 0 Å². The Morgan fingerprint density at radius 2 is 1.98 bits per heavy atom. The van der Waals surface area contributed by atoms with Crippen LogP contribution < -0.4 is 21.7 Å². The Morgan fingerprint density at radius 1 is 1.16 bits per heavy atom. The number of primary amides is 1. The Morgan fingerprint density at radius 3 is 2.68 bits per heavy atom. The maximum Gasteiger partial charge on any atom is 0.304 e. The normalized spacial score (nSPS) is 15.9. The van der Waals surface area contributed by atoms with Crippen molar-refractivity contribution in [2.24, 2.45) is 11.7 Å². The monoisotopic (exact) mass is 688 g/mol. The second-order valence-corrected chi connectivity index (χ2v) is 13.3. The van der Waals surface area contributed by atoms with Gasteiger partial charge in [0.25, 0.3) is 0 Å². The molecule has 0 bridgehead atoms. The lowest BCUT2D eigenvalue weighted by Gasteiger charge is -2.24. The number of nitrogens with two attached hydrogens (primary N) is 1. The summed E-state index contributed by atoms with van der Waals surface area (Å²) in [6.07, 6.45) is 7.12. The zero-order valence-electron chi connectivity index (χ0n) is 29.5. The number of aryl methyl sites for hydroxylation is 4. The summed E-state index contributed by atoms with van der Waals surface area (Å²) >= 11 is 0. The molecule has 5 rings (SSSR count).